The molecule has 0 N–H and O–H groups in total. The number of aryl methyl sites for hydroxylation is 1. The van der Waals surface area contributed by atoms with Crippen molar-refractivity contribution < 1.29 is 4.79 Å². The van der Waals surface area contributed by atoms with Crippen molar-refractivity contribution in [2.24, 2.45) is 11.8 Å². The first-order valence-corrected chi connectivity index (χ1v) is 9.07. The molecule has 4 heteroatoms. The van der Waals surface area contributed by atoms with Crippen LogP contribution >= 0.6 is 15.9 Å². The minimum absolute atomic E-state index is 0.228. The summed E-state index contributed by atoms with van der Waals surface area (Å²) in [4.78, 5) is 15.2. The van der Waals surface area contributed by atoms with Gasteiger partial charge in [0.25, 0.3) is 5.91 Å². The van der Waals surface area contributed by atoms with E-state index in [1.165, 1.54) is 25.7 Å². The van der Waals surface area contributed by atoms with Gasteiger partial charge in [0, 0.05) is 29.8 Å². The minimum atomic E-state index is 0.228. The Balaban J connectivity index is 1.86. The van der Waals surface area contributed by atoms with Gasteiger partial charge in [0.05, 0.1) is 0 Å². The molecule has 0 aromatic carbocycles. The summed E-state index contributed by atoms with van der Waals surface area (Å²) < 4.78 is 3.06. The van der Waals surface area contributed by atoms with Crippen LogP contribution in [0.1, 0.15) is 56.4 Å². The highest BCUT2D eigenvalue weighted by atomic mass is 79.9. The molecule has 1 saturated carbocycles. The van der Waals surface area contributed by atoms with E-state index in [1.54, 1.807) is 0 Å². The first kappa shape index (κ1) is 15.1. The second-order valence-corrected chi connectivity index (χ2v) is 7.53. The fourth-order valence-corrected chi connectivity index (χ4v) is 4.69. The predicted octanol–water partition coefficient (Wildman–Crippen LogP) is 4.31. The lowest BCUT2D eigenvalue weighted by atomic mass is 9.72. The molecular weight excluding hydrogens is 328 g/mol. The van der Waals surface area contributed by atoms with Gasteiger partial charge in [0.15, 0.2) is 0 Å². The van der Waals surface area contributed by atoms with Crippen molar-refractivity contribution in [3.63, 3.8) is 0 Å². The number of likely N-dealkylation sites (tertiary alicyclic amines) is 1. The smallest absolute Gasteiger partial charge is 0.270 e. The van der Waals surface area contributed by atoms with Crippen LogP contribution in [-0.4, -0.2) is 28.0 Å². The summed E-state index contributed by atoms with van der Waals surface area (Å²) >= 11 is 3.50. The van der Waals surface area contributed by atoms with Crippen LogP contribution in [0.5, 0.6) is 0 Å². The summed E-state index contributed by atoms with van der Waals surface area (Å²) in [6.45, 7) is 6.22. The summed E-state index contributed by atoms with van der Waals surface area (Å²) in [7, 11) is 0. The van der Waals surface area contributed by atoms with E-state index in [-0.39, 0.29) is 5.91 Å². The van der Waals surface area contributed by atoms with Crippen molar-refractivity contribution in [2.75, 3.05) is 6.54 Å². The van der Waals surface area contributed by atoms with E-state index in [0.717, 1.165) is 35.6 Å². The van der Waals surface area contributed by atoms with Gasteiger partial charge in [0.1, 0.15) is 5.69 Å². The molecule has 0 bridgehead atoms. The van der Waals surface area contributed by atoms with Crippen molar-refractivity contribution >= 4 is 21.8 Å². The number of carbonyl (C=O) groups excluding carboxylic acids is 1. The highest BCUT2D eigenvalue weighted by molar-refractivity contribution is 9.10. The van der Waals surface area contributed by atoms with Gasteiger partial charge in [-0.1, -0.05) is 19.8 Å². The maximum atomic E-state index is 13.0. The van der Waals surface area contributed by atoms with Crippen molar-refractivity contribution in [3.05, 3.63) is 22.4 Å². The first-order valence-electron chi connectivity index (χ1n) is 8.28. The molecule has 1 saturated heterocycles. The molecule has 0 spiro atoms. The minimum Gasteiger partial charge on any atom is -0.343 e. The molecule has 2 heterocycles. The largest absolute Gasteiger partial charge is 0.343 e. The fraction of sp³-hybridized carbons (Fsp3) is 0.706. The number of rotatable bonds is 2. The number of piperidine rings is 1. The molecule has 1 aliphatic carbocycles. The van der Waals surface area contributed by atoms with Gasteiger partial charge in [-0.15, -0.1) is 0 Å². The maximum Gasteiger partial charge on any atom is 0.270 e. The van der Waals surface area contributed by atoms with Crippen molar-refractivity contribution in [2.45, 2.75) is 58.5 Å². The number of hydrogen-bond donors (Lipinski definition) is 0. The molecule has 3 unspecified atom stereocenters. The normalized spacial score (nSPS) is 29.3. The molecule has 3 rings (SSSR count). The van der Waals surface area contributed by atoms with E-state index in [1.807, 2.05) is 12.3 Å². The van der Waals surface area contributed by atoms with E-state index in [9.17, 15) is 4.79 Å². The fourth-order valence-electron chi connectivity index (χ4n) is 4.23. The Bertz CT molecular complexity index is 525. The van der Waals surface area contributed by atoms with Crippen LogP contribution in [0.15, 0.2) is 16.7 Å². The number of amides is 1. The Kier molecular flexibility index (Phi) is 4.43. The molecule has 21 heavy (non-hydrogen) atoms. The van der Waals surface area contributed by atoms with E-state index < -0.39 is 0 Å². The third-order valence-corrected chi connectivity index (χ3v) is 5.86. The number of nitrogens with zero attached hydrogens (tertiary/aromatic N) is 2. The summed E-state index contributed by atoms with van der Waals surface area (Å²) in [5, 5.41) is 0. The van der Waals surface area contributed by atoms with Gasteiger partial charge in [-0.05, 0) is 60.0 Å². The second-order valence-electron chi connectivity index (χ2n) is 6.61. The van der Waals surface area contributed by atoms with Gasteiger partial charge in [-0.2, -0.15) is 0 Å². The standard InChI is InChI=1S/C17H25BrN2O/c1-3-19-11-13(18)10-16(19)17(21)20-9-8-12(2)14-6-4-5-7-15(14)20/h10-12,14-15H,3-9H2,1-2H3. The summed E-state index contributed by atoms with van der Waals surface area (Å²) in [6.07, 6.45) is 8.27. The highest BCUT2D eigenvalue weighted by Crippen LogP contribution is 2.39. The van der Waals surface area contributed by atoms with Crippen LogP contribution in [0.3, 0.4) is 0 Å². The highest BCUT2D eigenvalue weighted by Gasteiger charge is 2.40. The second kappa shape index (κ2) is 6.15. The zero-order chi connectivity index (χ0) is 15.0. The molecule has 0 radical (unpaired) electrons. The van der Waals surface area contributed by atoms with Gasteiger partial charge in [0.2, 0.25) is 0 Å². The van der Waals surface area contributed by atoms with Gasteiger partial charge in [-0.25, -0.2) is 0 Å². The van der Waals surface area contributed by atoms with Gasteiger partial charge < -0.3 is 9.47 Å². The van der Waals surface area contributed by atoms with Gasteiger partial charge >= 0.3 is 0 Å². The van der Waals surface area contributed by atoms with Crippen LogP contribution in [0.4, 0.5) is 0 Å². The Morgan fingerprint density at radius 3 is 2.86 bits per heavy atom. The zero-order valence-corrected chi connectivity index (χ0v) is 14.6. The number of halogens is 1. The number of aromatic nitrogens is 1. The average Bonchev–Trinajstić information content (AvgIpc) is 2.88. The zero-order valence-electron chi connectivity index (χ0n) is 13.0. The molecule has 1 aromatic heterocycles. The first-order chi connectivity index (χ1) is 10.1. The molecule has 2 fully saturated rings. The Hall–Kier alpha value is -0.770. The molecule has 1 aromatic rings. The van der Waals surface area contributed by atoms with Crippen LogP contribution in [-0.2, 0) is 6.54 Å². The topological polar surface area (TPSA) is 25.2 Å². The molecule has 116 valence electrons. The number of carbonyl (C=O) groups is 1. The number of fused-ring (bicyclic) bond motifs is 1. The van der Waals surface area contributed by atoms with E-state index in [2.05, 4.69) is 39.2 Å². The Labute approximate surface area is 135 Å². The average molecular weight is 353 g/mol. The van der Waals surface area contributed by atoms with Crippen molar-refractivity contribution in [1.29, 1.82) is 0 Å². The molecule has 1 amide bonds. The van der Waals surface area contributed by atoms with Gasteiger partial charge in [-0.3, -0.25) is 4.79 Å². The lowest BCUT2D eigenvalue weighted by Gasteiger charge is -2.47. The maximum absolute atomic E-state index is 13.0. The molecule has 3 nitrogen and oxygen atoms in total. The third-order valence-electron chi connectivity index (χ3n) is 5.42. The predicted molar refractivity (Wildman–Crippen MR) is 88.4 cm³/mol. The van der Waals surface area contributed by atoms with Crippen LogP contribution in [0.2, 0.25) is 0 Å². The van der Waals surface area contributed by atoms with E-state index in [4.69, 9.17) is 0 Å². The SMILES string of the molecule is CCn1cc(Br)cc1C(=O)N1CCC(C)C2CCCCC21. The number of hydrogen-bond acceptors (Lipinski definition) is 1. The van der Waals surface area contributed by atoms with Crippen LogP contribution in [0, 0.1) is 11.8 Å². The Morgan fingerprint density at radius 2 is 2.10 bits per heavy atom. The lowest BCUT2D eigenvalue weighted by molar-refractivity contribution is 0.0209. The molecule has 1 aliphatic heterocycles. The molecular formula is C17H25BrN2O. The van der Waals surface area contributed by atoms with Crippen LogP contribution in [0.25, 0.3) is 0 Å². The molecule has 2 aliphatic rings. The van der Waals surface area contributed by atoms with E-state index >= 15 is 0 Å². The monoisotopic (exact) mass is 352 g/mol. The summed E-state index contributed by atoms with van der Waals surface area (Å²) in [5.41, 5.74) is 0.836. The summed E-state index contributed by atoms with van der Waals surface area (Å²) in [6, 6.07) is 2.44. The van der Waals surface area contributed by atoms with Crippen molar-refractivity contribution in [3.8, 4) is 0 Å². The quantitative estimate of drug-likeness (QED) is 0.778. The molecule has 3 atom stereocenters. The third kappa shape index (κ3) is 2.79. The summed E-state index contributed by atoms with van der Waals surface area (Å²) in [5.74, 6) is 1.71. The van der Waals surface area contributed by atoms with E-state index in [0.29, 0.717) is 12.0 Å². The lowest BCUT2D eigenvalue weighted by Crippen LogP contribution is -2.52. The Morgan fingerprint density at radius 1 is 1.33 bits per heavy atom. The van der Waals surface area contributed by atoms with Crippen LogP contribution < -0.4 is 0 Å². The van der Waals surface area contributed by atoms with Crippen molar-refractivity contribution in [1.82, 2.24) is 9.47 Å².